The maximum atomic E-state index is 11.0. The molecule has 0 bridgehead atoms. The predicted molar refractivity (Wildman–Crippen MR) is 51.0 cm³/mol. The summed E-state index contributed by atoms with van der Waals surface area (Å²) in [5.41, 5.74) is 0. The van der Waals surface area contributed by atoms with E-state index in [2.05, 4.69) is 24.6 Å². The molecule has 72 valence electrons. The van der Waals surface area contributed by atoms with Crippen molar-refractivity contribution in [2.75, 3.05) is 0 Å². The summed E-state index contributed by atoms with van der Waals surface area (Å²) in [5.74, 6) is 0. The lowest BCUT2D eigenvalue weighted by atomic mass is 9.96. The lowest BCUT2D eigenvalue weighted by Crippen LogP contribution is -2.40. The summed E-state index contributed by atoms with van der Waals surface area (Å²) >= 11 is 2.70. The Morgan fingerprint density at radius 1 is 1.17 bits per heavy atom. The van der Waals surface area contributed by atoms with Crippen LogP contribution in [0.1, 0.15) is 32.1 Å². The Bertz CT molecular complexity index is 224. The molecule has 0 unspecified atom stereocenters. The van der Waals surface area contributed by atoms with Crippen molar-refractivity contribution in [3.63, 3.8) is 0 Å². The Hall–Kier alpha value is 0.350. The van der Waals surface area contributed by atoms with Crippen molar-refractivity contribution in [2.45, 2.75) is 38.1 Å². The summed E-state index contributed by atoms with van der Waals surface area (Å²) in [7, 11) is -3.30. The van der Waals surface area contributed by atoms with Gasteiger partial charge in [-0.25, -0.2) is 0 Å². The van der Waals surface area contributed by atoms with E-state index in [0.29, 0.717) is 0 Å². The van der Waals surface area contributed by atoms with E-state index in [1.54, 1.807) is 0 Å². The van der Waals surface area contributed by atoms with Gasteiger partial charge in [-0.2, -0.15) is 13.1 Å². The van der Waals surface area contributed by atoms with Crippen LogP contribution in [0.4, 0.5) is 0 Å². The molecule has 4 nitrogen and oxygen atoms in total. The smallest absolute Gasteiger partial charge is 0.199 e. The molecule has 0 radical (unpaired) electrons. The topological polar surface area (TPSA) is 58.2 Å². The van der Waals surface area contributed by atoms with E-state index in [1.807, 2.05) is 0 Å². The first-order valence-electron chi connectivity index (χ1n) is 4.04. The molecule has 12 heavy (non-hydrogen) atoms. The van der Waals surface area contributed by atoms with Crippen LogP contribution in [0.3, 0.4) is 0 Å². The lowest BCUT2D eigenvalue weighted by molar-refractivity contribution is 0.412. The highest BCUT2D eigenvalue weighted by Crippen LogP contribution is 2.17. The number of nitrogens with one attached hydrogen (secondary N) is 2. The van der Waals surface area contributed by atoms with E-state index < -0.39 is 10.2 Å². The Morgan fingerprint density at radius 2 is 1.75 bits per heavy atom. The van der Waals surface area contributed by atoms with Crippen LogP contribution in [0.2, 0.25) is 0 Å². The second-order valence-electron chi connectivity index (χ2n) is 3.03. The predicted octanol–water partition coefficient (Wildman–Crippen LogP) is 1.05. The third kappa shape index (κ3) is 3.38. The molecule has 0 spiro atoms. The van der Waals surface area contributed by atoms with Crippen molar-refractivity contribution in [1.29, 1.82) is 0 Å². The fourth-order valence-electron chi connectivity index (χ4n) is 1.46. The summed E-state index contributed by atoms with van der Waals surface area (Å²) in [5, 5.41) is 0. The van der Waals surface area contributed by atoms with E-state index in [1.165, 1.54) is 6.42 Å². The zero-order valence-corrected chi connectivity index (χ0v) is 9.12. The lowest BCUT2D eigenvalue weighted by Gasteiger charge is -2.21. The Kier molecular flexibility index (Phi) is 3.95. The molecular formula is C6H13BrN2O2S. The van der Waals surface area contributed by atoms with Crippen molar-refractivity contribution in [1.82, 2.24) is 8.47 Å². The molecule has 0 aromatic heterocycles. The van der Waals surface area contributed by atoms with Crippen LogP contribution in [0, 0.1) is 0 Å². The van der Waals surface area contributed by atoms with Gasteiger partial charge in [0.25, 0.3) is 10.2 Å². The first kappa shape index (κ1) is 10.4. The standard InChI is InChI=1S/C6H13BrN2O2S/c7-9-12(10,11)8-6-4-2-1-3-5-6/h6,8-9H,1-5H2. The van der Waals surface area contributed by atoms with Crippen LogP contribution >= 0.6 is 16.1 Å². The van der Waals surface area contributed by atoms with Gasteiger partial charge in [-0.05, 0) is 12.8 Å². The zero-order valence-electron chi connectivity index (χ0n) is 6.72. The molecule has 0 aromatic carbocycles. The fraction of sp³-hybridized carbons (Fsp3) is 1.00. The molecule has 0 atom stereocenters. The van der Waals surface area contributed by atoms with Gasteiger partial charge in [0, 0.05) is 22.2 Å². The second-order valence-corrected chi connectivity index (χ2v) is 5.40. The molecule has 2 N–H and O–H groups in total. The van der Waals surface area contributed by atoms with Crippen molar-refractivity contribution in [3.8, 4) is 0 Å². The maximum Gasteiger partial charge on any atom is 0.286 e. The Labute approximate surface area is 81.6 Å². The van der Waals surface area contributed by atoms with Crippen molar-refractivity contribution in [3.05, 3.63) is 0 Å². The van der Waals surface area contributed by atoms with Gasteiger partial charge in [0.2, 0.25) is 0 Å². The fourth-order valence-corrected chi connectivity index (χ4v) is 2.46. The van der Waals surface area contributed by atoms with Gasteiger partial charge in [-0.1, -0.05) is 19.3 Å². The van der Waals surface area contributed by atoms with Crippen molar-refractivity contribution in [2.24, 2.45) is 0 Å². The van der Waals surface area contributed by atoms with Gasteiger partial charge in [-0.3, -0.25) is 0 Å². The van der Waals surface area contributed by atoms with Crippen LogP contribution in [-0.4, -0.2) is 14.5 Å². The van der Waals surface area contributed by atoms with Crippen LogP contribution in [-0.2, 0) is 10.2 Å². The molecular weight excluding hydrogens is 244 g/mol. The van der Waals surface area contributed by atoms with Gasteiger partial charge in [0.1, 0.15) is 0 Å². The molecule has 1 fully saturated rings. The third-order valence-electron chi connectivity index (χ3n) is 2.03. The number of hydrogen-bond acceptors (Lipinski definition) is 2. The quantitative estimate of drug-likeness (QED) is 0.742. The van der Waals surface area contributed by atoms with E-state index in [0.717, 1.165) is 25.7 Å². The van der Waals surface area contributed by atoms with Gasteiger partial charge >= 0.3 is 0 Å². The molecule has 0 saturated heterocycles. The molecule has 0 heterocycles. The minimum atomic E-state index is -3.30. The Morgan fingerprint density at radius 3 is 2.25 bits per heavy atom. The van der Waals surface area contributed by atoms with Gasteiger partial charge < -0.3 is 0 Å². The monoisotopic (exact) mass is 256 g/mol. The van der Waals surface area contributed by atoms with E-state index >= 15 is 0 Å². The molecule has 1 aliphatic carbocycles. The van der Waals surface area contributed by atoms with Crippen LogP contribution in [0.25, 0.3) is 0 Å². The van der Waals surface area contributed by atoms with Crippen LogP contribution in [0.5, 0.6) is 0 Å². The number of halogens is 1. The summed E-state index contributed by atoms with van der Waals surface area (Å²) in [6.45, 7) is 0. The highest BCUT2D eigenvalue weighted by Gasteiger charge is 2.18. The minimum Gasteiger partial charge on any atom is -0.199 e. The average molecular weight is 257 g/mol. The normalized spacial score (nSPS) is 21.1. The van der Waals surface area contributed by atoms with Crippen LogP contribution < -0.4 is 8.47 Å². The summed E-state index contributed by atoms with van der Waals surface area (Å²) in [6.07, 6.45) is 5.37. The second kappa shape index (κ2) is 4.55. The van der Waals surface area contributed by atoms with Crippen LogP contribution in [0.15, 0.2) is 0 Å². The zero-order chi connectivity index (χ0) is 9.03. The van der Waals surface area contributed by atoms with Crippen molar-refractivity contribution >= 4 is 26.4 Å². The van der Waals surface area contributed by atoms with Gasteiger partial charge in [0.15, 0.2) is 0 Å². The van der Waals surface area contributed by atoms with Gasteiger partial charge in [-0.15, -0.1) is 3.75 Å². The van der Waals surface area contributed by atoms with Gasteiger partial charge in [0.05, 0.1) is 0 Å². The SMILES string of the molecule is O=S(=O)(NBr)NC1CCCCC1. The van der Waals surface area contributed by atoms with E-state index in [9.17, 15) is 8.42 Å². The molecule has 0 amide bonds. The van der Waals surface area contributed by atoms with E-state index in [4.69, 9.17) is 0 Å². The highest BCUT2D eigenvalue weighted by atomic mass is 79.9. The third-order valence-corrected chi connectivity index (χ3v) is 4.15. The number of rotatable bonds is 3. The molecule has 1 saturated carbocycles. The first-order valence-corrected chi connectivity index (χ1v) is 6.31. The first-order chi connectivity index (χ1) is 5.64. The van der Waals surface area contributed by atoms with E-state index in [-0.39, 0.29) is 6.04 Å². The maximum absolute atomic E-state index is 11.0. The number of hydrogen-bond donors (Lipinski definition) is 2. The largest absolute Gasteiger partial charge is 0.286 e. The molecule has 1 aliphatic rings. The molecule has 1 rings (SSSR count). The minimum absolute atomic E-state index is 0.119. The Balaban J connectivity index is 2.39. The van der Waals surface area contributed by atoms with Crippen molar-refractivity contribution < 1.29 is 8.42 Å². The summed E-state index contributed by atoms with van der Waals surface area (Å²) in [4.78, 5) is 0. The molecule has 0 aromatic rings. The highest BCUT2D eigenvalue weighted by molar-refractivity contribution is 9.09. The summed E-state index contributed by atoms with van der Waals surface area (Å²) < 4.78 is 26.6. The average Bonchev–Trinajstić information content (AvgIpc) is 2.06. The molecule has 6 heteroatoms. The molecule has 0 aliphatic heterocycles. The summed E-state index contributed by atoms with van der Waals surface area (Å²) in [6, 6.07) is 0.119.